The van der Waals surface area contributed by atoms with Crippen LogP contribution in [0.5, 0.6) is 11.5 Å². The lowest BCUT2D eigenvalue weighted by Crippen LogP contribution is -2.33. The number of anilines is 1. The molecular weight excluding hydrogens is 540 g/mol. The zero-order valence-corrected chi connectivity index (χ0v) is 20.5. The zero-order valence-electron chi connectivity index (χ0n) is 19.0. The molecule has 0 bridgehead atoms. The summed E-state index contributed by atoms with van der Waals surface area (Å²) in [7, 11) is -2.15. The van der Waals surface area contributed by atoms with Gasteiger partial charge in [0.05, 0.1) is 18.5 Å². The summed E-state index contributed by atoms with van der Waals surface area (Å²) in [6, 6.07) is 7.12. The number of rotatable bonds is 10. The number of amides is 1. The maximum atomic E-state index is 13.1. The van der Waals surface area contributed by atoms with Gasteiger partial charge in [0.15, 0.2) is 5.75 Å². The largest absolute Gasteiger partial charge is 0.454 e. The van der Waals surface area contributed by atoms with Crippen molar-refractivity contribution in [3.63, 3.8) is 0 Å². The molecule has 0 saturated carbocycles. The highest BCUT2D eigenvalue weighted by Gasteiger charge is 2.34. The Kier molecular flexibility index (Phi) is 9.13. The maximum Gasteiger partial charge on any atom is 0.390 e. The first-order valence-electron chi connectivity index (χ1n) is 10.1. The summed E-state index contributed by atoms with van der Waals surface area (Å²) in [4.78, 5) is 11.9. The van der Waals surface area contributed by atoms with Crippen molar-refractivity contribution in [2.24, 2.45) is 5.73 Å². The molecule has 0 aliphatic heterocycles. The van der Waals surface area contributed by atoms with Crippen LogP contribution in [0.2, 0.25) is 5.02 Å². The monoisotopic (exact) mass is 561 g/mol. The average molecular weight is 562 g/mol. The Labute approximate surface area is 208 Å². The fraction of sp³-hybridized carbons (Fsp3) is 0.381. The molecule has 0 atom stereocenters. The molecule has 2 rings (SSSR count). The summed E-state index contributed by atoms with van der Waals surface area (Å²) in [5.41, 5.74) is 4.34. The zero-order chi connectivity index (χ0) is 27.5. The van der Waals surface area contributed by atoms with Gasteiger partial charge in [-0.15, -0.1) is 0 Å². The van der Waals surface area contributed by atoms with Crippen molar-refractivity contribution in [3.8, 4) is 11.5 Å². The van der Waals surface area contributed by atoms with Gasteiger partial charge in [-0.25, -0.2) is 12.7 Å². The van der Waals surface area contributed by atoms with Crippen LogP contribution < -0.4 is 15.4 Å². The first-order chi connectivity index (χ1) is 16.4. The van der Waals surface area contributed by atoms with E-state index in [1.165, 1.54) is 24.3 Å². The molecule has 0 heterocycles. The molecule has 0 fully saturated rings. The van der Waals surface area contributed by atoms with Crippen LogP contribution in [0.3, 0.4) is 0 Å². The predicted octanol–water partition coefficient (Wildman–Crippen LogP) is 5.19. The van der Waals surface area contributed by atoms with Crippen molar-refractivity contribution in [1.82, 2.24) is 4.31 Å². The minimum atomic E-state index is -4.74. The molecule has 0 saturated heterocycles. The molecule has 0 radical (unpaired) electrons. The molecule has 1 amide bonds. The van der Waals surface area contributed by atoms with Crippen LogP contribution in [-0.4, -0.2) is 58.2 Å². The molecule has 2 aromatic carbocycles. The summed E-state index contributed by atoms with van der Waals surface area (Å²) < 4.78 is 111. The standard InChI is InChI=1S/C21H22ClF6N3O4S/c1-30(2)36(33,34)17-12-13(19(29)32)11-16(18(17)35-15-5-3-14(22)4-6-15)31(9-7-20(23,24)25)10-8-21(26,27)28/h3-6,11-12H,7-10H2,1-2H3,(H2,29,32). The van der Waals surface area contributed by atoms with Crippen LogP contribution in [0.4, 0.5) is 32.0 Å². The molecule has 2 N–H and O–H groups in total. The normalized spacial score (nSPS) is 12.6. The Hall–Kier alpha value is -2.71. The molecule has 36 heavy (non-hydrogen) atoms. The molecule has 200 valence electrons. The quantitative estimate of drug-likeness (QED) is 0.403. The number of halogens is 7. The van der Waals surface area contributed by atoms with Crippen LogP contribution in [-0.2, 0) is 10.0 Å². The minimum Gasteiger partial charge on any atom is -0.454 e. The number of primary amides is 1. The van der Waals surface area contributed by atoms with Gasteiger partial charge < -0.3 is 15.4 Å². The van der Waals surface area contributed by atoms with Gasteiger partial charge in [-0.3, -0.25) is 4.79 Å². The summed E-state index contributed by atoms with van der Waals surface area (Å²) in [5.74, 6) is -1.76. The number of hydrogen-bond donors (Lipinski definition) is 1. The second-order valence-electron chi connectivity index (χ2n) is 7.75. The third-order valence-electron chi connectivity index (χ3n) is 4.78. The lowest BCUT2D eigenvalue weighted by atomic mass is 10.1. The Balaban J connectivity index is 2.83. The lowest BCUT2D eigenvalue weighted by molar-refractivity contribution is -0.135. The van der Waals surface area contributed by atoms with Crippen molar-refractivity contribution in [3.05, 3.63) is 47.0 Å². The SMILES string of the molecule is CN(C)S(=O)(=O)c1cc(C(N)=O)cc(N(CCC(F)(F)F)CCC(F)(F)F)c1Oc1ccc(Cl)cc1. The highest BCUT2D eigenvalue weighted by atomic mass is 35.5. The fourth-order valence-corrected chi connectivity index (χ4v) is 4.13. The van der Waals surface area contributed by atoms with Crippen LogP contribution in [0.25, 0.3) is 0 Å². The molecule has 0 aromatic heterocycles. The molecule has 15 heteroatoms. The number of sulfonamides is 1. The number of carbonyl (C=O) groups is 1. The van der Waals surface area contributed by atoms with Crippen molar-refractivity contribution in [2.45, 2.75) is 30.1 Å². The highest BCUT2D eigenvalue weighted by molar-refractivity contribution is 7.89. The fourth-order valence-electron chi connectivity index (χ4n) is 2.95. The predicted molar refractivity (Wildman–Crippen MR) is 121 cm³/mol. The van der Waals surface area contributed by atoms with E-state index in [9.17, 15) is 39.6 Å². The van der Waals surface area contributed by atoms with E-state index >= 15 is 0 Å². The van der Waals surface area contributed by atoms with E-state index in [0.29, 0.717) is 4.90 Å². The third kappa shape index (κ3) is 8.17. The average Bonchev–Trinajstić information content (AvgIpc) is 2.73. The maximum absolute atomic E-state index is 13.1. The van der Waals surface area contributed by atoms with Crippen LogP contribution in [0.15, 0.2) is 41.3 Å². The summed E-state index contributed by atoms with van der Waals surface area (Å²) in [5, 5.41) is 0.282. The Morgan fingerprint density at radius 1 is 0.972 bits per heavy atom. The van der Waals surface area contributed by atoms with Crippen LogP contribution >= 0.6 is 11.6 Å². The van der Waals surface area contributed by atoms with Crippen molar-refractivity contribution < 1.29 is 44.3 Å². The van der Waals surface area contributed by atoms with Gasteiger partial charge in [-0.1, -0.05) is 11.6 Å². The van der Waals surface area contributed by atoms with Gasteiger partial charge in [0.2, 0.25) is 15.9 Å². The third-order valence-corrected chi connectivity index (χ3v) is 6.86. The van der Waals surface area contributed by atoms with E-state index in [0.717, 1.165) is 30.5 Å². The van der Waals surface area contributed by atoms with Gasteiger partial charge in [0.25, 0.3) is 0 Å². The van der Waals surface area contributed by atoms with Gasteiger partial charge in [-0.05, 0) is 36.4 Å². The first kappa shape index (κ1) is 29.5. The highest BCUT2D eigenvalue weighted by Crippen LogP contribution is 2.41. The second kappa shape index (κ2) is 11.1. The number of nitrogens with two attached hydrogens (primary N) is 1. The first-order valence-corrected chi connectivity index (χ1v) is 11.9. The molecule has 2 aromatic rings. The Bertz CT molecular complexity index is 1170. The summed E-state index contributed by atoms with van der Waals surface area (Å²) in [6.45, 7) is -1.97. The molecule has 0 unspecified atom stereocenters. The van der Waals surface area contributed by atoms with Crippen LogP contribution in [0.1, 0.15) is 23.2 Å². The Morgan fingerprint density at radius 2 is 1.47 bits per heavy atom. The number of hydrogen-bond acceptors (Lipinski definition) is 5. The van der Waals surface area contributed by atoms with Gasteiger partial charge in [-0.2, -0.15) is 26.3 Å². The minimum absolute atomic E-state index is 0.0192. The van der Waals surface area contributed by atoms with Crippen LogP contribution in [0, 0.1) is 0 Å². The van der Waals surface area contributed by atoms with Gasteiger partial charge in [0.1, 0.15) is 10.6 Å². The Morgan fingerprint density at radius 3 is 1.89 bits per heavy atom. The summed E-state index contributed by atoms with van der Waals surface area (Å²) >= 11 is 5.83. The second-order valence-corrected chi connectivity index (χ2v) is 10.3. The van der Waals surface area contributed by atoms with E-state index < -0.39 is 76.1 Å². The van der Waals surface area contributed by atoms with E-state index in [-0.39, 0.29) is 10.8 Å². The van der Waals surface area contributed by atoms with Crippen molar-refractivity contribution in [2.75, 3.05) is 32.1 Å². The molecule has 0 aliphatic rings. The lowest BCUT2D eigenvalue weighted by Gasteiger charge is -2.29. The molecule has 0 spiro atoms. The van der Waals surface area contributed by atoms with E-state index in [4.69, 9.17) is 22.1 Å². The molecule has 0 aliphatic carbocycles. The van der Waals surface area contributed by atoms with Crippen molar-refractivity contribution in [1.29, 1.82) is 0 Å². The van der Waals surface area contributed by atoms with Gasteiger partial charge in [0, 0.05) is 37.8 Å². The smallest absolute Gasteiger partial charge is 0.390 e. The van der Waals surface area contributed by atoms with Gasteiger partial charge >= 0.3 is 12.4 Å². The topological polar surface area (TPSA) is 92.9 Å². The number of benzene rings is 2. The number of nitrogens with zero attached hydrogens (tertiary/aromatic N) is 2. The summed E-state index contributed by atoms with van der Waals surface area (Å²) in [6.07, 6.45) is -12.5. The van der Waals surface area contributed by atoms with E-state index in [2.05, 4.69) is 0 Å². The van der Waals surface area contributed by atoms with E-state index in [1.807, 2.05) is 0 Å². The van der Waals surface area contributed by atoms with Crippen molar-refractivity contribution >= 4 is 33.2 Å². The van der Waals surface area contributed by atoms with E-state index in [1.54, 1.807) is 0 Å². The number of carbonyl (C=O) groups excluding carboxylic acids is 1. The number of alkyl halides is 6. The molecular formula is C21H22ClF6N3O4S. The number of ether oxygens (including phenoxy) is 1. The molecule has 7 nitrogen and oxygen atoms in total.